The lowest BCUT2D eigenvalue weighted by atomic mass is 10.3. The largest absolute Gasteiger partial charge is 0.380 e. The molecule has 3 nitrogen and oxygen atoms in total. The van der Waals surface area contributed by atoms with Crippen LogP contribution in [0.5, 0.6) is 0 Å². The zero-order valence-electron chi connectivity index (χ0n) is 9.77. The van der Waals surface area contributed by atoms with Crippen molar-refractivity contribution in [2.24, 2.45) is 0 Å². The Morgan fingerprint density at radius 1 is 1.38 bits per heavy atom. The maximum Gasteiger partial charge on any atom is 0.0532 e. The summed E-state index contributed by atoms with van der Waals surface area (Å²) in [6, 6.07) is 4.24. The van der Waals surface area contributed by atoms with E-state index in [1.54, 1.807) is 0 Å². The second kappa shape index (κ2) is 4.84. The highest BCUT2D eigenvalue weighted by Crippen LogP contribution is 2.09. The molecule has 0 amide bonds. The van der Waals surface area contributed by atoms with Crippen LogP contribution in [0, 0.1) is 6.92 Å². The Morgan fingerprint density at radius 3 is 2.94 bits per heavy atom. The van der Waals surface area contributed by atoms with Gasteiger partial charge in [0.2, 0.25) is 0 Å². The number of anilines is 1. The smallest absolute Gasteiger partial charge is 0.0532 e. The van der Waals surface area contributed by atoms with E-state index >= 15 is 0 Å². The van der Waals surface area contributed by atoms with Crippen molar-refractivity contribution < 1.29 is 0 Å². The number of aryl methyl sites for hydroxylation is 2. The molecule has 0 aliphatic heterocycles. The van der Waals surface area contributed by atoms with Crippen molar-refractivity contribution in [2.45, 2.75) is 26.9 Å². The Balaban J connectivity index is 1.96. The van der Waals surface area contributed by atoms with Gasteiger partial charge in [-0.2, -0.15) is 0 Å². The summed E-state index contributed by atoms with van der Waals surface area (Å²) < 4.78 is 2.17. The van der Waals surface area contributed by atoms with Crippen molar-refractivity contribution in [2.75, 3.05) is 5.32 Å². The molecule has 0 saturated heterocycles. The van der Waals surface area contributed by atoms with Crippen LogP contribution in [0.1, 0.15) is 18.1 Å². The Morgan fingerprint density at radius 2 is 2.25 bits per heavy atom. The maximum absolute atomic E-state index is 4.15. The molecule has 0 atom stereocenters. The summed E-state index contributed by atoms with van der Waals surface area (Å²) in [4.78, 5) is 4.15. The Hall–Kier alpha value is -1.77. The van der Waals surface area contributed by atoms with Crippen molar-refractivity contribution in [1.29, 1.82) is 0 Å². The fraction of sp³-hybridized carbons (Fsp3) is 0.308. The van der Waals surface area contributed by atoms with Gasteiger partial charge in [0.15, 0.2) is 0 Å². The molecule has 2 aromatic heterocycles. The van der Waals surface area contributed by atoms with Gasteiger partial charge in [-0.05, 0) is 37.1 Å². The summed E-state index contributed by atoms with van der Waals surface area (Å²) in [5.41, 5.74) is 3.55. The quantitative estimate of drug-likeness (QED) is 0.850. The van der Waals surface area contributed by atoms with Crippen LogP contribution in [0.25, 0.3) is 0 Å². The molecule has 1 N–H and O–H groups in total. The lowest BCUT2D eigenvalue weighted by Crippen LogP contribution is -1.99. The molecule has 0 aromatic carbocycles. The van der Waals surface area contributed by atoms with Crippen molar-refractivity contribution in [3.05, 3.63) is 48.0 Å². The Bertz CT molecular complexity index is 460. The number of rotatable bonds is 4. The van der Waals surface area contributed by atoms with Gasteiger partial charge in [-0.1, -0.05) is 0 Å². The van der Waals surface area contributed by atoms with E-state index in [0.717, 1.165) is 18.8 Å². The molecule has 0 bridgehead atoms. The fourth-order valence-corrected chi connectivity index (χ4v) is 1.65. The molecule has 0 radical (unpaired) electrons. The van der Waals surface area contributed by atoms with Crippen LogP contribution in [-0.4, -0.2) is 9.55 Å². The molecule has 2 rings (SSSR count). The first-order valence-electron chi connectivity index (χ1n) is 5.58. The van der Waals surface area contributed by atoms with E-state index in [0.29, 0.717) is 0 Å². The summed E-state index contributed by atoms with van der Waals surface area (Å²) in [5.74, 6) is 0. The number of nitrogens with zero attached hydrogens (tertiary/aromatic N) is 2. The number of pyridine rings is 1. The Kier molecular flexibility index (Phi) is 3.25. The van der Waals surface area contributed by atoms with E-state index in [4.69, 9.17) is 0 Å². The predicted molar refractivity (Wildman–Crippen MR) is 66.4 cm³/mol. The van der Waals surface area contributed by atoms with Crippen LogP contribution in [-0.2, 0) is 13.1 Å². The van der Waals surface area contributed by atoms with Gasteiger partial charge in [0, 0.05) is 37.9 Å². The molecule has 0 fully saturated rings. The van der Waals surface area contributed by atoms with E-state index in [1.165, 1.54) is 11.1 Å². The van der Waals surface area contributed by atoms with Crippen LogP contribution in [0.3, 0.4) is 0 Å². The topological polar surface area (TPSA) is 29.9 Å². The molecule has 2 aromatic rings. The van der Waals surface area contributed by atoms with Crippen LogP contribution < -0.4 is 5.32 Å². The van der Waals surface area contributed by atoms with E-state index in [9.17, 15) is 0 Å². The number of aromatic nitrogens is 2. The lowest BCUT2D eigenvalue weighted by molar-refractivity contribution is 0.766. The third-order valence-electron chi connectivity index (χ3n) is 2.55. The standard InChI is InChI=1S/C13H17N3/c1-3-16-5-4-12(10-16)8-15-13-6-11(2)7-14-9-13/h4-7,9-10,15H,3,8H2,1-2H3. The first kappa shape index (κ1) is 10.7. The number of nitrogens with one attached hydrogen (secondary N) is 1. The van der Waals surface area contributed by atoms with Crippen LogP contribution in [0.2, 0.25) is 0 Å². The molecule has 3 heteroatoms. The highest BCUT2D eigenvalue weighted by atomic mass is 14.9. The minimum atomic E-state index is 0.845. The highest BCUT2D eigenvalue weighted by Gasteiger charge is 1.97. The molecule has 0 spiro atoms. The lowest BCUT2D eigenvalue weighted by Gasteiger charge is -2.04. The summed E-state index contributed by atoms with van der Waals surface area (Å²) in [6.45, 7) is 6.05. The zero-order chi connectivity index (χ0) is 11.4. The van der Waals surface area contributed by atoms with E-state index in [1.807, 2.05) is 19.3 Å². The zero-order valence-corrected chi connectivity index (χ0v) is 9.77. The average molecular weight is 215 g/mol. The second-order valence-electron chi connectivity index (χ2n) is 3.95. The van der Waals surface area contributed by atoms with Gasteiger partial charge in [0.25, 0.3) is 0 Å². The molecule has 0 saturated carbocycles. The van der Waals surface area contributed by atoms with Crippen molar-refractivity contribution >= 4 is 5.69 Å². The second-order valence-corrected chi connectivity index (χ2v) is 3.95. The molecular formula is C13H17N3. The molecule has 0 aliphatic carbocycles. The first-order valence-corrected chi connectivity index (χ1v) is 5.58. The Labute approximate surface area is 96.1 Å². The molecule has 16 heavy (non-hydrogen) atoms. The normalized spacial score (nSPS) is 10.4. The third kappa shape index (κ3) is 2.63. The summed E-state index contributed by atoms with van der Waals surface area (Å²) in [6.07, 6.45) is 7.98. The number of hydrogen-bond acceptors (Lipinski definition) is 2. The van der Waals surface area contributed by atoms with Gasteiger partial charge in [-0.15, -0.1) is 0 Å². The summed E-state index contributed by atoms with van der Waals surface area (Å²) >= 11 is 0. The van der Waals surface area contributed by atoms with E-state index in [-0.39, 0.29) is 0 Å². The van der Waals surface area contributed by atoms with E-state index < -0.39 is 0 Å². The third-order valence-corrected chi connectivity index (χ3v) is 2.55. The monoisotopic (exact) mass is 215 g/mol. The van der Waals surface area contributed by atoms with Gasteiger partial charge in [-0.3, -0.25) is 4.98 Å². The van der Waals surface area contributed by atoms with Gasteiger partial charge in [-0.25, -0.2) is 0 Å². The number of hydrogen-bond donors (Lipinski definition) is 1. The van der Waals surface area contributed by atoms with Gasteiger partial charge < -0.3 is 9.88 Å². The molecular weight excluding hydrogens is 198 g/mol. The molecule has 0 aliphatic rings. The van der Waals surface area contributed by atoms with Crippen molar-refractivity contribution in [3.63, 3.8) is 0 Å². The van der Waals surface area contributed by atoms with Gasteiger partial charge in [0.05, 0.1) is 5.69 Å². The summed E-state index contributed by atoms with van der Waals surface area (Å²) in [5, 5.41) is 3.36. The average Bonchev–Trinajstić information content (AvgIpc) is 2.74. The summed E-state index contributed by atoms with van der Waals surface area (Å²) in [7, 11) is 0. The highest BCUT2D eigenvalue weighted by molar-refractivity contribution is 5.42. The van der Waals surface area contributed by atoms with Crippen molar-refractivity contribution in [1.82, 2.24) is 9.55 Å². The molecule has 0 unspecified atom stereocenters. The van der Waals surface area contributed by atoms with Crippen molar-refractivity contribution in [3.8, 4) is 0 Å². The van der Waals surface area contributed by atoms with Gasteiger partial charge in [0.1, 0.15) is 0 Å². The molecule has 84 valence electrons. The van der Waals surface area contributed by atoms with Gasteiger partial charge >= 0.3 is 0 Å². The SMILES string of the molecule is CCn1ccc(CNc2cncc(C)c2)c1. The maximum atomic E-state index is 4.15. The molecule has 2 heterocycles. The van der Waals surface area contributed by atoms with E-state index in [2.05, 4.69) is 46.3 Å². The minimum absolute atomic E-state index is 0.845. The van der Waals surface area contributed by atoms with Crippen LogP contribution in [0.15, 0.2) is 36.9 Å². The fourth-order valence-electron chi connectivity index (χ4n) is 1.65. The predicted octanol–water partition coefficient (Wildman–Crippen LogP) is 2.82. The van der Waals surface area contributed by atoms with Crippen LogP contribution in [0.4, 0.5) is 5.69 Å². The minimum Gasteiger partial charge on any atom is -0.380 e. The first-order chi connectivity index (χ1) is 7.78. The van der Waals surface area contributed by atoms with Crippen LogP contribution >= 0.6 is 0 Å².